The summed E-state index contributed by atoms with van der Waals surface area (Å²) in [6.45, 7) is 0.882. The van der Waals surface area contributed by atoms with Gasteiger partial charge in [-0.05, 0) is 24.3 Å². The minimum Gasteiger partial charge on any atom is -0.337 e. The molecule has 4 N–H and O–H groups in total. The van der Waals surface area contributed by atoms with Gasteiger partial charge in [-0.2, -0.15) is 0 Å². The zero-order chi connectivity index (χ0) is 10.4. The van der Waals surface area contributed by atoms with Crippen molar-refractivity contribution >= 4 is 23.3 Å². The molecular weight excluding hydrogens is 202 g/mol. The number of carbonyl (C=O) groups is 1. The lowest BCUT2D eigenvalue weighted by molar-refractivity contribution is 0.252. The quantitative estimate of drug-likeness (QED) is 0.711. The van der Waals surface area contributed by atoms with Gasteiger partial charge in [0.1, 0.15) is 0 Å². The summed E-state index contributed by atoms with van der Waals surface area (Å²) in [5.74, 6) is 0. The molecule has 0 heterocycles. The number of nitrogens with two attached hydrogens (primary N) is 1. The molecule has 0 fully saturated rings. The van der Waals surface area contributed by atoms with Gasteiger partial charge < -0.3 is 16.4 Å². The van der Waals surface area contributed by atoms with E-state index in [1.807, 2.05) is 0 Å². The predicted molar refractivity (Wildman–Crippen MR) is 57.5 cm³/mol. The molecule has 4 nitrogen and oxygen atoms in total. The van der Waals surface area contributed by atoms with E-state index in [1.165, 1.54) is 0 Å². The number of amides is 2. The van der Waals surface area contributed by atoms with Gasteiger partial charge in [-0.3, -0.25) is 0 Å². The fraction of sp³-hybridized carbons (Fsp3) is 0.222. The summed E-state index contributed by atoms with van der Waals surface area (Å²) >= 11 is 5.69. The summed E-state index contributed by atoms with van der Waals surface area (Å²) in [6.07, 6.45) is 0. The van der Waals surface area contributed by atoms with Gasteiger partial charge in [0, 0.05) is 23.8 Å². The topological polar surface area (TPSA) is 67.1 Å². The van der Waals surface area contributed by atoms with Crippen molar-refractivity contribution in [1.82, 2.24) is 5.32 Å². The summed E-state index contributed by atoms with van der Waals surface area (Å²) in [5.41, 5.74) is 5.93. The second-order valence-electron chi connectivity index (χ2n) is 2.68. The zero-order valence-electron chi connectivity index (χ0n) is 7.59. The van der Waals surface area contributed by atoms with Crippen LogP contribution in [0.4, 0.5) is 10.5 Å². The lowest BCUT2D eigenvalue weighted by atomic mass is 10.3. The monoisotopic (exact) mass is 213 g/mol. The van der Waals surface area contributed by atoms with Crippen molar-refractivity contribution in [3.05, 3.63) is 29.3 Å². The second kappa shape index (κ2) is 5.47. The summed E-state index contributed by atoms with van der Waals surface area (Å²) in [7, 11) is 0. The maximum Gasteiger partial charge on any atom is 0.319 e. The van der Waals surface area contributed by atoms with Gasteiger partial charge in [0.05, 0.1) is 0 Å². The third-order valence-corrected chi connectivity index (χ3v) is 1.78. The van der Waals surface area contributed by atoms with Crippen LogP contribution in [0.2, 0.25) is 5.02 Å². The lowest BCUT2D eigenvalue weighted by Crippen LogP contribution is -2.32. The van der Waals surface area contributed by atoms with Crippen molar-refractivity contribution in [3.8, 4) is 0 Å². The number of urea groups is 1. The van der Waals surface area contributed by atoms with Crippen molar-refractivity contribution in [2.24, 2.45) is 5.73 Å². The molecule has 0 aliphatic carbocycles. The van der Waals surface area contributed by atoms with Crippen molar-refractivity contribution in [3.63, 3.8) is 0 Å². The molecule has 0 unspecified atom stereocenters. The van der Waals surface area contributed by atoms with Gasteiger partial charge in [-0.1, -0.05) is 11.6 Å². The molecule has 0 spiro atoms. The van der Waals surface area contributed by atoms with Crippen LogP contribution in [0.5, 0.6) is 0 Å². The smallest absolute Gasteiger partial charge is 0.319 e. The van der Waals surface area contributed by atoms with Gasteiger partial charge in [0.25, 0.3) is 0 Å². The van der Waals surface area contributed by atoms with Crippen molar-refractivity contribution in [2.75, 3.05) is 18.4 Å². The Hall–Kier alpha value is -1.26. The van der Waals surface area contributed by atoms with Gasteiger partial charge in [-0.15, -0.1) is 0 Å². The van der Waals surface area contributed by atoms with Crippen molar-refractivity contribution in [2.45, 2.75) is 0 Å². The highest BCUT2D eigenvalue weighted by Gasteiger charge is 1.99. The first-order valence-electron chi connectivity index (χ1n) is 4.23. The highest BCUT2D eigenvalue weighted by molar-refractivity contribution is 6.30. The number of hydrogen-bond acceptors (Lipinski definition) is 2. The summed E-state index contributed by atoms with van der Waals surface area (Å²) in [6, 6.07) is 6.60. The van der Waals surface area contributed by atoms with Crippen LogP contribution in [0.25, 0.3) is 0 Å². The van der Waals surface area contributed by atoms with Gasteiger partial charge in [0.2, 0.25) is 0 Å². The minimum absolute atomic E-state index is 0.266. The molecule has 1 aromatic carbocycles. The van der Waals surface area contributed by atoms with Crippen LogP contribution in [0.1, 0.15) is 0 Å². The van der Waals surface area contributed by atoms with E-state index in [0.717, 1.165) is 0 Å². The van der Waals surface area contributed by atoms with E-state index in [2.05, 4.69) is 10.6 Å². The first-order valence-corrected chi connectivity index (χ1v) is 4.60. The molecule has 1 rings (SSSR count). The Kier molecular flexibility index (Phi) is 4.22. The van der Waals surface area contributed by atoms with E-state index >= 15 is 0 Å². The Morgan fingerprint density at radius 3 is 2.57 bits per heavy atom. The molecule has 0 aliphatic heterocycles. The van der Waals surface area contributed by atoms with E-state index in [1.54, 1.807) is 24.3 Å². The average Bonchev–Trinajstić information content (AvgIpc) is 2.18. The summed E-state index contributed by atoms with van der Waals surface area (Å²) < 4.78 is 0. The van der Waals surface area contributed by atoms with E-state index in [-0.39, 0.29) is 6.03 Å². The fourth-order valence-corrected chi connectivity index (χ4v) is 1.02. The van der Waals surface area contributed by atoms with E-state index in [9.17, 15) is 4.79 Å². The fourth-order valence-electron chi connectivity index (χ4n) is 0.894. The predicted octanol–water partition coefficient (Wildman–Crippen LogP) is 1.42. The average molecular weight is 214 g/mol. The number of benzene rings is 1. The van der Waals surface area contributed by atoms with Crippen LogP contribution in [-0.2, 0) is 0 Å². The van der Waals surface area contributed by atoms with Gasteiger partial charge in [-0.25, -0.2) is 4.79 Å². The number of halogens is 1. The Bertz CT molecular complexity index is 299. The maximum atomic E-state index is 11.1. The first kappa shape index (κ1) is 10.8. The molecule has 0 radical (unpaired) electrons. The molecule has 5 heteroatoms. The Morgan fingerprint density at radius 1 is 1.36 bits per heavy atom. The molecule has 1 aromatic rings. The summed E-state index contributed by atoms with van der Waals surface area (Å²) in [5, 5.41) is 5.86. The minimum atomic E-state index is -0.266. The molecule has 76 valence electrons. The zero-order valence-corrected chi connectivity index (χ0v) is 8.34. The first-order chi connectivity index (χ1) is 6.72. The molecule has 0 bridgehead atoms. The van der Waals surface area contributed by atoms with Gasteiger partial charge in [0.15, 0.2) is 0 Å². The SMILES string of the molecule is NCCNC(=O)Nc1ccc(Cl)cc1. The van der Waals surface area contributed by atoms with E-state index in [0.29, 0.717) is 23.8 Å². The normalized spacial score (nSPS) is 9.57. The highest BCUT2D eigenvalue weighted by Crippen LogP contribution is 2.12. The Balaban J connectivity index is 2.44. The highest BCUT2D eigenvalue weighted by atomic mass is 35.5. The third-order valence-electron chi connectivity index (χ3n) is 1.53. The molecule has 2 amide bonds. The molecule has 14 heavy (non-hydrogen) atoms. The van der Waals surface area contributed by atoms with Crippen molar-refractivity contribution < 1.29 is 4.79 Å². The van der Waals surface area contributed by atoms with Crippen LogP contribution >= 0.6 is 11.6 Å². The Morgan fingerprint density at radius 2 is 2.00 bits per heavy atom. The summed E-state index contributed by atoms with van der Waals surface area (Å²) in [4.78, 5) is 11.1. The molecule has 0 atom stereocenters. The maximum absolute atomic E-state index is 11.1. The van der Waals surface area contributed by atoms with Crippen LogP contribution in [0.3, 0.4) is 0 Å². The number of carbonyl (C=O) groups excluding carboxylic acids is 1. The largest absolute Gasteiger partial charge is 0.337 e. The van der Waals surface area contributed by atoms with Crippen LogP contribution in [0.15, 0.2) is 24.3 Å². The lowest BCUT2D eigenvalue weighted by Gasteiger charge is -2.05. The van der Waals surface area contributed by atoms with Crippen molar-refractivity contribution in [1.29, 1.82) is 0 Å². The van der Waals surface area contributed by atoms with E-state index < -0.39 is 0 Å². The molecular formula is C9H12ClN3O. The number of rotatable bonds is 3. The molecule has 0 aromatic heterocycles. The Labute approximate surface area is 87.4 Å². The molecule has 0 aliphatic rings. The van der Waals surface area contributed by atoms with Crippen LogP contribution < -0.4 is 16.4 Å². The standard InChI is InChI=1S/C9H12ClN3O/c10-7-1-3-8(4-2-7)13-9(14)12-6-5-11/h1-4H,5-6,11H2,(H2,12,13,14). The third kappa shape index (κ3) is 3.64. The van der Waals surface area contributed by atoms with Crippen LogP contribution in [-0.4, -0.2) is 19.1 Å². The number of nitrogens with one attached hydrogen (secondary N) is 2. The molecule has 0 saturated carbocycles. The molecule has 0 saturated heterocycles. The number of anilines is 1. The van der Waals surface area contributed by atoms with Crippen LogP contribution in [0, 0.1) is 0 Å². The van der Waals surface area contributed by atoms with E-state index in [4.69, 9.17) is 17.3 Å². The van der Waals surface area contributed by atoms with Gasteiger partial charge >= 0.3 is 6.03 Å². The second-order valence-corrected chi connectivity index (χ2v) is 3.11. The number of hydrogen-bond donors (Lipinski definition) is 3.